The lowest BCUT2D eigenvalue weighted by molar-refractivity contribution is 0.311. The minimum Gasteiger partial charge on any atom is -0.395 e. The summed E-state index contributed by atoms with van der Waals surface area (Å²) in [5.74, 6) is 1.61. The van der Waals surface area contributed by atoms with E-state index in [9.17, 15) is 0 Å². The molecule has 7 nitrogen and oxygen atoms in total. The van der Waals surface area contributed by atoms with E-state index >= 15 is 0 Å². The molecular weight excluding hydrogens is 316 g/mol. The highest BCUT2D eigenvalue weighted by atomic mass is 16.3. The lowest BCUT2D eigenvalue weighted by Gasteiger charge is -2.11. The van der Waals surface area contributed by atoms with Crippen molar-refractivity contribution >= 4 is 28.6 Å². The molecule has 3 rings (SSSR count). The monoisotopic (exact) mass is 340 g/mol. The SMILES string of the molecule is CCn1cnc2c(Nc3ccc(C(C)C)cc3)nc(NCCO)nc21. The lowest BCUT2D eigenvalue weighted by Crippen LogP contribution is -2.10. The Morgan fingerprint density at radius 3 is 2.56 bits per heavy atom. The van der Waals surface area contributed by atoms with Gasteiger partial charge in [-0.05, 0) is 30.5 Å². The summed E-state index contributed by atoms with van der Waals surface area (Å²) < 4.78 is 1.97. The van der Waals surface area contributed by atoms with E-state index in [0.29, 0.717) is 24.2 Å². The molecule has 0 aliphatic carbocycles. The number of aliphatic hydroxyl groups is 1. The average Bonchev–Trinajstić information content (AvgIpc) is 3.03. The number of hydrogen-bond acceptors (Lipinski definition) is 6. The molecule has 0 amide bonds. The molecule has 1 aromatic carbocycles. The van der Waals surface area contributed by atoms with Gasteiger partial charge in [-0.25, -0.2) is 4.98 Å². The highest BCUT2D eigenvalue weighted by Crippen LogP contribution is 2.25. The van der Waals surface area contributed by atoms with Gasteiger partial charge in [-0.2, -0.15) is 9.97 Å². The molecule has 2 heterocycles. The number of rotatable bonds is 7. The van der Waals surface area contributed by atoms with Crippen LogP contribution in [0, 0.1) is 0 Å². The van der Waals surface area contributed by atoms with Gasteiger partial charge in [0, 0.05) is 18.8 Å². The Labute approximate surface area is 147 Å². The maximum Gasteiger partial charge on any atom is 0.226 e. The fraction of sp³-hybridized carbons (Fsp3) is 0.389. The predicted octanol–water partition coefficient (Wildman–Crippen LogP) is 3.12. The van der Waals surface area contributed by atoms with Crippen LogP contribution in [0.2, 0.25) is 0 Å². The molecule has 3 aromatic rings. The van der Waals surface area contributed by atoms with Crippen LogP contribution in [0.15, 0.2) is 30.6 Å². The number of hydrogen-bond donors (Lipinski definition) is 3. The lowest BCUT2D eigenvalue weighted by atomic mass is 10.0. The molecule has 0 aliphatic heterocycles. The Bertz CT molecular complexity index is 841. The van der Waals surface area contributed by atoms with Crippen molar-refractivity contribution in [3.05, 3.63) is 36.2 Å². The molecule has 0 saturated carbocycles. The van der Waals surface area contributed by atoms with Gasteiger partial charge in [0.1, 0.15) is 0 Å². The Hall–Kier alpha value is -2.67. The van der Waals surface area contributed by atoms with Gasteiger partial charge in [0.15, 0.2) is 17.0 Å². The van der Waals surface area contributed by atoms with E-state index < -0.39 is 0 Å². The Kier molecular flexibility index (Phi) is 5.14. The minimum atomic E-state index is 0.0217. The van der Waals surface area contributed by atoms with Gasteiger partial charge in [0.05, 0.1) is 12.9 Å². The third-order valence-corrected chi connectivity index (χ3v) is 4.04. The zero-order chi connectivity index (χ0) is 17.8. The second-order valence-electron chi connectivity index (χ2n) is 6.15. The summed E-state index contributed by atoms with van der Waals surface area (Å²) in [5.41, 5.74) is 3.73. The molecule has 0 unspecified atom stereocenters. The summed E-state index contributed by atoms with van der Waals surface area (Å²) in [7, 11) is 0. The number of nitrogens with one attached hydrogen (secondary N) is 2. The van der Waals surface area contributed by atoms with Crippen LogP contribution < -0.4 is 10.6 Å². The summed E-state index contributed by atoms with van der Waals surface area (Å²) in [6, 6.07) is 8.31. The number of benzene rings is 1. The van der Waals surface area contributed by atoms with Gasteiger partial charge in [0.25, 0.3) is 0 Å². The van der Waals surface area contributed by atoms with E-state index in [-0.39, 0.29) is 6.61 Å². The van der Waals surface area contributed by atoms with Gasteiger partial charge in [-0.3, -0.25) is 0 Å². The van der Waals surface area contributed by atoms with Crippen molar-refractivity contribution in [2.24, 2.45) is 0 Å². The van der Waals surface area contributed by atoms with Gasteiger partial charge in [-0.15, -0.1) is 0 Å². The van der Waals surface area contributed by atoms with Crippen molar-refractivity contribution in [3.63, 3.8) is 0 Å². The molecule has 0 saturated heterocycles. The van der Waals surface area contributed by atoms with E-state index in [1.54, 1.807) is 6.33 Å². The summed E-state index contributed by atoms with van der Waals surface area (Å²) in [6.45, 7) is 7.58. The average molecular weight is 340 g/mol. The van der Waals surface area contributed by atoms with E-state index in [4.69, 9.17) is 5.11 Å². The van der Waals surface area contributed by atoms with Crippen molar-refractivity contribution in [1.29, 1.82) is 0 Å². The first kappa shape index (κ1) is 17.2. The van der Waals surface area contributed by atoms with Gasteiger partial charge in [0.2, 0.25) is 5.95 Å². The maximum absolute atomic E-state index is 9.03. The second-order valence-corrected chi connectivity index (χ2v) is 6.15. The first-order valence-electron chi connectivity index (χ1n) is 8.57. The molecular formula is C18H24N6O. The van der Waals surface area contributed by atoms with E-state index in [0.717, 1.165) is 23.4 Å². The fourth-order valence-electron chi connectivity index (χ4n) is 2.60. The van der Waals surface area contributed by atoms with Crippen LogP contribution in [-0.2, 0) is 6.54 Å². The third-order valence-electron chi connectivity index (χ3n) is 4.04. The first-order valence-corrected chi connectivity index (χ1v) is 8.57. The fourth-order valence-corrected chi connectivity index (χ4v) is 2.60. The van der Waals surface area contributed by atoms with Crippen LogP contribution in [0.25, 0.3) is 11.2 Å². The maximum atomic E-state index is 9.03. The van der Waals surface area contributed by atoms with E-state index in [1.807, 2.05) is 23.6 Å². The molecule has 0 atom stereocenters. The molecule has 0 fully saturated rings. The molecule has 0 spiro atoms. The first-order chi connectivity index (χ1) is 12.1. The van der Waals surface area contributed by atoms with Gasteiger partial charge >= 0.3 is 0 Å². The summed E-state index contributed by atoms with van der Waals surface area (Å²) >= 11 is 0. The molecule has 0 bridgehead atoms. The molecule has 132 valence electrons. The number of nitrogens with zero attached hydrogens (tertiary/aromatic N) is 4. The summed E-state index contributed by atoms with van der Waals surface area (Å²) in [4.78, 5) is 13.5. The number of aromatic nitrogens is 4. The van der Waals surface area contributed by atoms with Crippen molar-refractivity contribution < 1.29 is 5.11 Å². The normalized spacial score (nSPS) is 11.2. The zero-order valence-electron chi connectivity index (χ0n) is 14.8. The van der Waals surface area contributed by atoms with E-state index in [2.05, 4.69) is 51.6 Å². The molecule has 3 N–H and O–H groups in total. The molecule has 0 aliphatic rings. The molecule has 2 aromatic heterocycles. The highest BCUT2D eigenvalue weighted by molar-refractivity contribution is 5.86. The topological polar surface area (TPSA) is 87.9 Å². The van der Waals surface area contributed by atoms with Crippen LogP contribution in [0.3, 0.4) is 0 Å². The van der Waals surface area contributed by atoms with E-state index in [1.165, 1.54) is 5.56 Å². The second kappa shape index (κ2) is 7.48. The van der Waals surface area contributed by atoms with Crippen LogP contribution in [-0.4, -0.2) is 37.8 Å². The summed E-state index contributed by atoms with van der Waals surface area (Å²) in [6.07, 6.45) is 1.77. The Morgan fingerprint density at radius 2 is 1.92 bits per heavy atom. The molecule has 7 heteroatoms. The Balaban J connectivity index is 1.97. The third kappa shape index (κ3) is 3.71. The number of aliphatic hydroxyl groups excluding tert-OH is 1. The Morgan fingerprint density at radius 1 is 1.16 bits per heavy atom. The van der Waals surface area contributed by atoms with Crippen molar-refractivity contribution in [1.82, 2.24) is 19.5 Å². The largest absolute Gasteiger partial charge is 0.395 e. The number of aryl methyl sites for hydroxylation is 1. The predicted molar refractivity (Wildman–Crippen MR) is 100 cm³/mol. The summed E-state index contributed by atoms with van der Waals surface area (Å²) in [5, 5.41) is 15.4. The zero-order valence-corrected chi connectivity index (χ0v) is 14.8. The number of imidazole rings is 1. The van der Waals surface area contributed by atoms with Crippen molar-refractivity contribution in [3.8, 4) is 0 Å². The number of fused-ring (bicyclic) bond motifs is 1. The quantitative estimate of drug-likeness (QED) is 0.612. The standard InChI is InChI=1S/C18H24N6O/c1-4-24-11-20-15-16(22-18(19-9-10-25)23-17(15)24)21-14-7-5-13(6-8-14)12(2)3/h5-8,11-12,25H,4,9-10H2,1-3H3,(H2,19,21,22,23). The van der Waals surface area contributed by atoms with Crippen LogP contribution in [0.4, 0.5) is 17.5 Å². The molecule has 25 heavy (non-hydrogen) atoms. The van der Waals surface area contributed by atoms with Gasteiger partial charge in [-0.1, -0.05) is 26.0 Å². The van der Waals surface area contributed by atoms with Crippen LogP contribution in [0.5, 0.6) is 0 Å². The van der Waals surface area contributed by atoms with Crippen molar-refractivity contribution in [2.75, 3.05) is 23.8 Å². The van der Waals surface area contributed by atoms with Crippen LogP contribution in [0.1, 0.15) is 32.3 Å². The molecule has 0 radical (unpaired) electrons. The van der Waals surface area contributed by atoms with Crippen molar-refractivity contribution in [2.45, 2.75) is 33.2 Å². The number of anilines is 3. The highest BCUT2D eigenvalue weighted by Gasteiger charge is 2.13. The van der Waals surface area contributed by atoms with Crippen LogP contribution >= 0.6 is 0 Å². The smallest absolute Gasteiger partial charge is 0.226 e. The van der Waals surface area contributed by atoms with Gasteiger partial charge < -0.3 is 20.3 Å². The minimum absolute atomic E-state index is 0.0217.